The minimum Gasteiger partial charge on any atom is -0.387 e. The maximum Gasteiger partial charge on any atom is 0.225 e. The van der Waals surface area contributed by atoms with Crippen molar-refractivity contribution >= 4 is 11.8 Å². The fraction of sp³-hybridized carbons (Fsp3) is 0.889. The van der Waals surface area contributed by atoms with Crippen LogP contribution >= 0.6 is 0 Å². The Kier molecular flexibility index (Phi) is 5.96. The van der Waals surface area contributed by atoms with Gasteiger partial charge in [0.1, 0.15) is 0 Å². The number of piperidine rings is 1. The Morgan fingerprint density at radius 3 is 2.48 bits per heavy atom. The van der Waals surface area contributed by atoms with Gasteiger partial charge in [0.2, 0.25) is 11.8 Å². The van der Waals surface area contributed by atoms with Crippen LogP contribution in [0.5, 0.6) is 0 Å². The standard InChI is InChI=1S/C18H31N3O4/c1-14(22)19-16-2-7-20(8-3-16)12-18(24)6-9-21(13-18)17(23)15-4-10-25-11-5-15/h15-16,24H,2-13H2,1H3,(H,19,22). The van der Waals surface area contributed by atoms with Crippen LogP contribution in [0.4, 0.5) is 0 Å². The predicted molar refractivity (Wildman–Crippen MR) is 93.0 cm³/mol. The average molecular weight is 353 g/mol. The molecule has 0 bridgehead atoms. The summed E-state index contributed by atoms with van der Waals surface area (Å²) in [4.78, 5) is 27.9. The van der Waals surface area contributed by atoms with Gasteiger partial charge in [-0.05, 0) is 32.1 Å². The van der Waals surface area contributed by atoms with Crippen LogP contribution in [0.2, 0.25) is 0 Å². The molecular weight excluding hydrogens is 322 g/mol. The van der Waals surface area contributed by atoms with Gasteiger partial charge in [-0.3, -0.25) is 9.59 Å². The predicted octanol–water partition coefficient (Wildman–Crippen LogP) is -0.0231. The van der Waals surface area contributed by atoms with Gasteiger partial charge in [-0.25, -0.2) is 0 Å². The second-order valence-corrected chi connectivity index (χ2v) is 7.87. The largest absolute Gasteiger partial charge is 0.387 e. The van der Waals surface area contributed by atoms with E-state index in [0.29, 0.717) is 39.3 Å². The van der Waals surface area contributed by atoms with Gasteiger partial charge in [0.15, 0.2) is 0 Å². The second-order valence-electron chi connectivity index (χ2n) is 7.87. The van der Waals surface area contributed by atoms with Crippen molar-refractivity contribution in [1.82, 2.24) is 15.1 Å². The third-order valence-corrected chi connectivity index (χ3v) is 5.73. The third-order valence-electron chi connectivity index (χ3n) is 5.73. The molecule has 7 heteroatoms. The van der Waals surface area contributed by atoms with Crippen molar-refractivity contribution in [3.8, 4) is 0 Å². The van der Waals surface area contributed by atoms with Gasteiger partial charge in [0.25, 0.3) is 0 Å². The lowest BCUT2D eigenvalue weighted by Gasteiger charge is -2.36. The van der Waals surface area contributed by atoms with Crippen molar-refractivity contribution in [2.24, 2.45) is 5.92 Å². The molecule has 1 unspecified atom stereocenters. The lowest BCUT2D eigenvalue weighted by molar-refractivity contribution is -0.138. The van der Waals surface area contributed by atoms with Crippen LogP contribution in [-0.2, 0) is 14.3 Å². The van der Waals surface area contributed by atoms with Crippen molar-refractivity contribution in [2.75, 3.05) is 45.9 Å². The maximum absolute atomic E-state index is 12.6. The SMILES string of the molecule is CC(=O)NC1CCN(CC2(O)CCN(C(=O)C3CCOCC3)C2)CC1. The third kappa shape index (κ3) is 4.92. The van der Waals surface area contributed by atoms with E-state index in [-0.39, 0.29) is 23.8 Å². The number of ether oxygens (including phenoxy) is 1. The number of nitrogens with one attached hydrogen (secondary N) is 1. The van der Waals surface area contributed by atoms with E-state index in [1.807, 2.05) is 4.90 Å². The van der Waals surface area contributed by atoms with E-state index in [9.17, 15) is 14.7 Å². The highest BCUT2D eigenvalue weighted by Gasteiger charge is 2.41. The first kappa shape index (κ1) is 18.6. The zero-order valence-corrected chi connectivity index (χ0v) is 15.2. The summed E-state index contributed by atoms with van der Waals surface area (Å²) in [6, 6.07) is 0.249. The number of rotatable bonds is 4. The molecule has 3 fully saturated rings. The number of hydrogen-bond acceptors (Lipinski definition) is 5. The van der Waals surface area contributed by atoms with Crippen LogP contribution in [0.3, 0.4) is 0 Å². The molecule has 0 aromatic heterocycles. The second kappa shape index (κ2) is 8.01. The number of aliphatic hydroxyl groups is 1. The monoisotopic (exact) mass is 353 g/mol. The number of β-amino-alcohol motifs (C(OH)–C–C–N with tert-alkyl or cyclic N) is 1. The van der Waals surface area contributed by atoms with Gasteiger partial charge in [-0.15, -0.1) is 0 Å². The van der Waals surface area contributed by atoms with Crippen molar-refractivity contribution in [3.05, 3.63) is 0 Å². The lowest BCUT2D eigenvalue weighted by atomic mass is 9.98. The van der Waals surface area contributed by atoms with Gasteiger partial charge >= 0.3 is 0 Å². The van der Waals surface area contributed by atoms with Crippen LogP contribution in [0.1, 0.15) is 39.0 Å². The molecule has 3 aliphatic rings. The Morgan fingerprint density at radius 2 is 1.84 bits per heavy atom. The summed E-state index contributed by atoms with van der Waals surface area (Å²) in [6.07, 6.45) is 4.07. The van der Waals surface area contributed by atoms with Crippen molar-refractivity contribution in [1.29, 1.82) is 0 Å². The van der Waals surface area contributed by atoms with Crippen molar-refractivity contribution in [3.63, 3.8) is 0 Å². The van der Waals surface area contributed by atoms with E-state index in [1.165, 1.54) is 0 Å². The van der Waals surface area contributed by atoms with Crippen LogP contribution in [-0.4, -0.2) is 84.3 Å². The zero-order chi connectivity index (χ0) is 17.9. The number of carbonyl (C=O) groups excluding carboxylic acids is 2. The first-order valence-corrected chi connectivity index (χ1v) is 9.53. The van der Waals surface area contributed by atoms with E-state index >= 15 is 0 Å². The minimum absolute atomic E-state index is 0.0233. The molecule has 25 heavy (non-hydrogen) atoms. The molecule has 0 radical (unpaired) electrons. The van der Waals surface area contributed by atoms with E-state index < -0.39 is 5.60 Å². The Balaban J connectivity index is 1.45. The zero-order valence-electron chi connectivity index (χ0n) is 15.2. The first-order valence-electron chi connectivity index (χ1n) is 9.53. The summed E-state index contributed by atoms with van der Waals surface area (Å²) in [5.74, 6) is 0.267. The maximum atomic E-state index is 12.6. The molecule has 7 nitrogen and oxygen atoms in total. The fourth-order valence-electron chi connectivity index (χ4n) is 4.32. The van der Waals surface area contributed by atoms with E-state index in [1.54, 1.807) is 6.92 Å². The quantitative estimate of drug-likeness (QED) is 0.742. The highest BCUT2D eigenvalue weighted by Crippen LogP contribution is 2.27. The molecular formula is C18H31N3O4. The van der Waals surface area contributed by atoms with Crippen LogP contribution < -0.4 is 5.32 Å². The summed E-state index contributed by atoms with van der Waals surface area (Å²) in [5, 5.41) is 13.9. The Labute approximate surface area is 149 Å². The number of likely N-dealkylation sites (tertiary alicyclic amines) is 2. The lowest BCUT2D eigenvalue weighted by Crippen LogP contribution is -2.51. The summed E-state index contributed by atoms with van der Waals surface area (Å²) in [5.41, 5.74) is -0.804. The average Bonchev–Trinajstić information content (AvgIpc) is 2.98. The molecule has 3 heterocycles. The number of amides is 2. The summed E-state index contributed by atoms with van der Waals surface area (Å²) < 4.78 is 5.33. The molecule has 0 aromatic rings. The van der Waals surface area contributed by atoms with E-state index in [4.69, 9.17) is 4.74 Å². The highest BCUT2D eigenvalue weighted by molar-refractivity contribution is 5.79. The smallest absolute Gasteiger partial charge is 0.225 e. The summed E-state index contributed by atoms with van der Waals surface area (Å²) in [6.45, 7) is 6.33. The minimum atomic E-state index is -0.804. The summed E-state index contributed by atoms with van der Waals surface area (Å²) >= 11 is 0. The van der Waals surface area contributed by atoms with Crippen LogP contribution in [0.15, 0.2) is 0 Å². The fourth-order valence-corrected chi connectivity index (χ4v) is 4.32. The van der Waals surface area contributed by atoms with Gasteiger partial charge in [-0.1, -0.05) is 0 Å². The Morgan fingerprint density at radius 1 is 1.16 bits per heavy atom. The van der Waals surface area contributed by atoms with Gasteiger partial charge in [0, 0.05) is 58.3 Å². The molecule has 3 rings (SSSR count). The molecule has 3 aliphatic heterocycles. The Hall–Kier alpha value is -1.18. The highest BCUT2D eigenvalue weighted by atomic mass is 16.5. The van der Waals surface area contributed by atoms with E-state index in [0.717, 1.165) is 38.8 Å². The molecule has 2 N–H and O–H groups in total. The van der Waals surface area contributed by atoms with E-state index in [2.05, 4.69) is 10.2 Å². The molecule has 0 aliphatic carbocycles. The van der Waals surface area contributed by atoms with Crippen LogP contribution in [0, 0.1) is 5.92 Å². The molecule has 3 saturated heterocycles. The molecule has 142 valence electrons. The summed E-state index contributed by atoms with van der Waals surface area (Å²) in [7, 11) is 0. The van der Waals surface area contributed by atoms with Gasteiger partial charge < -0.3 is 25.0 Å². The molecule has 0 saturated carbocycles. The van der Waals surface area contributed by atoms with Crippen molar-refractivity contribution < 1.29 is 19.4 Å². The Bertz CT molecular complexity index is 487. The molecule has 1 atom stereocenters. The molecule has 0 aromatic carbocycles. The van der Waals surface area contributed by atoms with Gasteiger partial charge in [0.05, 0.1) is 12.1 Å². The van der Waals surface area contributed by atoms with Crippen molar-refractivity contribution in [2.45, 2.75) is 50.7 Å². The van der Waals surface area contributed by atoms with Gasteiger partial charge in [-0.2, -0.15) is 0 Å². The normalized spacial score (nSPS) is 29.8. The first-order chi connectivity index (χ1) is 12.0. The van der Waals surface area contributed by atoms with Crippen LogP contribution in [0.25, 0.3) is 0 Å². The number of carbonyl (C=O) groups is 2. The molecule has 0 spiro atoms. The topological polar surface area (TPSA) is 82.1 Å². The molecule has 2 amide bonds. The number of hydrogen-bond donors (Lipinski definition) is 2. The number of nitrogens with zero attached hydrogens (tertiary/aromatic N) is 2.